The van der Waals surface area contributed by atoms with Crippen molar-refractivity contribution in [1.29, 1.82) is 5.26 Å². The molecule has 1 saturated carbocycles. The lowest BCUT2D eigenvalue weighted by Gasteiger charge is -2.47. The number of hydrogen-bond acceptors (Lipinski definition) is 3. The third-order valence-electron chi connectivity index (χ3n) is 3.99. The second-order valence-electron chi connectivity index (χ2n) is 5.41. The van der Waals surface area contributed by atoms with E-state index in [1.54, 1.807) is 0 Å². The van der Waals surface area contributed by atoms with Gasteiger partial charge in [-0.1, -0.05) is 11.6 Å². The first-order valence-corrected chi connectivity index (χ1v) is 6.69. The van der Waals surface area contributed by atoms with Gasteiger partial charge >= 0.3 is 6.18 Å². The van der Waals surface area contributed by atoms with Crippen molar-refractivity contribution in [1.82, 2.24) is 4.98 Å². The SMILES string of the molecule is N#Cc1c(C(F)(F)F)cc(N2CC3CC(C3)C2)nc1Cl. The lowest BCUT2D eigenvalue weighted by Crippen LogP contribution is -2.49. The Kier molecular flexibility index (Phi) is 3.05. The number of hydrogen-bond donors (Lipinski definition) is 0. The number of nitrogens with zero attached hydrogens (tertiary/aromatic N) is 3. The summed E-state index contributed by atoms with van der Waals surface area (Å²) in [5, 5.41) is 8.45. The zero-order valence-corrected chi connectivity index (χ0v) is 11.2. The molecule has 20 heavy (non-hydrogen) atoms. The van der Waals surface area contributed by atoms with Crippen molar-refractivity contribution in [3.05, 3.63) is 22.3 Å². The van der Waals surface area contributed by atoms with Crippen LogP contribution in [0.1, 0.15) is 24.0 Å². The predicted molar refractivity (Wildman–Crippen MR) is 67.4 cm³/mol. The molecular formula is C13H11ClF3N3. The molecule has 3 heterocycles. The summed E-state index contributed by atoms with van der Waals surface area (Å²) in [6.07, 6.45) is -2.32. The van der Waals surface area contributed by atoms with E-state index in [4.69, 9.17) is 16.9 Å². The molecule has 1 aromatic heterocycles. The summed E-state index contributed by atoms with van der Waals surface area (Å²) in [5.41, 5.74) is -1.61. The predicted octanol–water partition coefficient (Wildman–Crippen LogP) is 3.47. The van der Waals surface area contributed by atoms with E-state index in [-0.39, 0.29) is 11.0 Å². The first kappa shape index (κ1) is 13.5. The van der Waals surface area contributed by atoms with Gasteiger partial charge in [-0.05, 0) is 30.7 Å². The summed E-state index contributed by atoms with van der Waals surface area (Å²) < 4.78 is 39.0. The van der Waals surface area contributed by atoms with Gasteiger partial charge in [0.05, 0.1) is 5.56 Å². The summed E-state index contributed by atoms with van der Waals surface area (Å²) in [7, 11) is 0. The van der Waals surface area contributed by atoms with Crippen molar-refractivity contribution in [2.45, 2.75) is 19.0 Å². The molecule has 3 aliphatic rings. The smallest absolute Gasteiger partial charge is 0.356 e. The van der Waals surface area contributed by atoms with Gasteiger partial charge in [0.1, 0.15) is 22.6 Å². The molecule has 2 saturated heterocycles. The molecule has 1 aromatic rings. The molecule has 0 aromatic carbocycles. The summed E-state index contributed by atoms with van der Waals surface area (Å²) in [4.78, 5) is 5.80. The summed E-state index contributed by atoms with van der Waals surface area (Å²) in [6, 6.07) is 2.42. The molecule has 0 unspecified atom stereocenters. The van der Waals surface area contributed by atoms with E-state index >= 15 is 0 Å². The number of aromatic nitrogens is 1. The Morgan fingerprint density at radius 3 is 2.40 bits per heavy atom. The van der Waals surface area contributed by atoms with Crippen LogP contribution in [0.25, 0.3) is 0 Å². The number of nitriles is 1. The Morgan fingerprint density at radius 1 is 1.30 bits per heavy atom. The Labute approximate surface area is 119 Å². The molecule has 3 nitrogen and oxygen atoms in total. The van der Waals surface area contributed by atoms with Crippen LogP contribution >= 0.6 is 11.6 Å². The summed E-state index contributed by atoms with van der Waals surface area (Å²) in [5.74, 6) is 1.30. The Balaban J connectivity index is 2.01. The number of anilines is 1. The lowest BCUT2D eigenvalue weighted by molar-refractivity contribution is -0.137. The standard InChI is InChI=1S/C13H11ClF3N3/c14-12-9(4-18)10(13(15,16)17)3-11(19-12)20-5-7-1-8(2-7)6-20/h3,7-8H,1-2,5-6H2. The van der Waals surface area contributed by atoms with E-state index in [0.717, 1.165) is 18.9 Å². The Morgan fingerprint density at radius 2 is 1.90 bits per heavy atom. The third-order valence-corrected chi connectivity index (χ3v) is 4.27. The van der Waals surface area contributed by atoms with E-state index in [0.29, 0.717) is 24.9 Å². The minimum absolute atomic E-state index is 0.218. The van der Waals surface area contributed by atoms with Crippen molar-refractivity contribution in [3.8, 4) is 6.07 Å². The van der Waals surface area contributed by atoms with Gasteiger partial charge in [0.25, 0.3) is 0 Å². The monoisotopic (exact) mass is 301 g/mol. The first-order chi connectivity index (χ1) is 9.38. The second kappa shape index (κ2) is 4.52. The van der Waals surface area contributed by atoms with Crippen LogP contribution in [0.4, 0.5) is 19.0 Å². The van der Waals surface area contributed by atoms with Crippen LogP contribution in [-0.2, 0) is 6.18 Å². The maximum absolute atomic E-state index is 13.0. The topological polar surface area (TPSA) is 39.9 Å². The highest BCUT2D eigenvalue weighted by atomic mass is 35.5. The molecule has 0 radical (unpaired) electrons. The number of fused-ring (bicyclic) bond motifs is 2. The molecule has 0 N–H and O–H groups in total. The molecule has 2 aliphatic heterocycles. The van der Waals surface area contributed by atoms with Crippen LogP contribution in [-0.4, -0.2) is 18.1 Å². The number of alkyl halides is 3. The maximum Gasteiger partial charge on any atom is 0.417 e. The Hall–Kier alpha value is -1.48. The second-order valence-corrected chi connectivity index (χ2v) is 5.77. The van der Waals surface area contributed by atoms with Crippen molar-refractivity contribution >= 4 is 17.4 Å². The fourth-order valence-corrected chi connectivity index (χ4v) is 3.28. The maximum atomic E-state index is 13.0. The van der Waals surface area contributed by atoms with E-state index in [1.165, 1.54) is 6.07 Å². The highest BCUT2D eigenvalue weighted by Crippen LogP contribution is 2.42. The molecule has 106 valence electrons. The molecule has 7 heteroatoms. The first-order valence-electron chi connectivity index (χ1n) is 6.31. The van der Waals surface area contributed by atoms with Gasteiger partial charge in [-0.15, -0.1) is 0 Å². The largest absolute Gasteiger partial charge is 0.417 e. The third kappa shape index (κ3) is 2.20. The molecule has 0 amide bonds. The van der Waals surface area contributed by atoms with E-state index in [2.05, 4.69) is 4.98 Å². The molecule has 0 atom stereocenters. The van der Waals surface area contributed by atoms with Crippen molar-refractivity contribution in [2.24, 2.45) is 11.8 Å². The quantitative estimate of drug-likeness (QED) is 0.746. The van der Waals surface area contributed by atoms with Crippen LogP contribution in [0, 0.1) is 23.2 Å². The average Bonchev–Trinajstić information content (AvgIpc) is 2.36. The number of rotatable bonds is 1. The minimum Gasteiger partial charge on any atom is -0.356 e. The van der Waals surface area contributed by atoms with Gasteiger partial charge in [-0.25, -0.2) is 4.98 Å². The molecule has 3 fully saturated rings. The van der Waals surface area contributed by atoms with Crippen molar-refractivity contribution in [2.75, 3.05) is 18.0 Å². The average molecular weight is 302 g/mol. The number of halogens is 4. The van der Waals surface area contributed by atoms with Gasteiger partial charge in [0.2, 0.25) is 0 Å². The fourth-order valence-electron chi connectivity index (χ4n) is 3.05. The zero-order chi connectivity index (χ0) is 14.5. The van der Waals surface area contributed by atoms with Gasteiger partial charge in [-0.3, -0.25) is 0 Å². The van der Waals surface area contributed by atoms with E-state index in [9.17, 15) is 13.2 Å². The highest BCUT2D eigenvalue weighted by Gasteiger charge is 2.40. The Bertz CT molecular complexity index is 578. The normalized spacial score (nSPS) is 25.1. The van der Waals surface area contributed by atoms with Gasteiger partial charge in [0, 0.05) is 13.1 Å². The molecule has 0 spiro atoms. The molecule has 4 rings (SSSR count). The van der Waals surface area contributed by atoms with Crippen molar-refractivity contribution in [3.63, 3.8) is 0 Å². The van der Waals surface area contributed by atoms with Gasteiger partial charge in [0.15, 0.2) is 0 Å². The zero-order valence-electron chi connectivity index (χ0n) is 10.4. The van der Waals surface area contributed by atoms with E-state index < -0.39 is 17.3 Å². The molecule has 2 bridgehead atoms. The van der Waals surface area contributed by atoms with Crippen LogP contribution in [0.3, 0.4) is 0 Å². The molecule has 1 aliphatic carbocycles. The van der Waals surface area contributed by atoms with Gasteiger partial charge in [-0.2, -0.15) is 18.4 Å². The van der Waals surface area contributed by atoms with Crippen LogP contribution < -0.4 is 4.90 Å². The van der Waals surface area contributed by atoms with Gasteiger partial charge < -0.3 is 4.90 Å². The van der Waals surface area contributed by atoms with Crippen molar-refractivity contribution < 1.29 is 13.2 Å². The van der Waals surface area contributed by atoms with Crippen LogP contribution in [0.2, 0.25) is 5.15 Å². The summed E-state index contributed by atoms with van der Waals surface area (Å²) in [6.45, 7) is 1.42. The number of piperidine rings is 2. The highest BCUT2D eigenvalue weighted by molar-refractivity contribution is 6.30. The van der Waals surface area contributed by atoms with E-state index in [1.807, 2.05) is 4.90 Å². The fraction of sp³-hybridized carbons (Fsp3) is 0.538. The lowest BCUT2D eigenvalue weighted by atomic mass is 9.71. The van der Waals surface area contributed by atoms with Crippen LogP contribution in [0.5, 0.6) is 0 Å². The number of pyridine rings is 1. The molecular weight excluding hydrogens is 291 g/mol. The van der Waals surface area contributed by atoms with Crippen LogP contribution in [0.15, 0.2) is 6.07 Å². The summed E-state index contributed by atoms with van der Waals surface area (Å²) >= 11 is 5.75. The minimum atomic E-state index is -4.61.